The maximum atomic E-state index is 11.0. The summed E-state index contributed by atoms with van der Waals surface area (Å²) in [5, 5.41) is 0. The van der Waals surface area contributed by atoms with Crippen LogP contribution in [0.4, 0.5) is 0 Å². The van der Waals surface area contributed by atoms with Gasteiger partial charge in [0.25, 0.3) is 0 Å². The Morgan fingerprint density at radius 1 is 1.38 bits per heavy atom. The summed E-state index contributed by atoms with van der Waals surface area (Å²) in [4.78, 5) is 11.0. The van der Waals surface area contributed by atoms with Crippen LogP contribution in [-0.4, -0.2) is 5.78 Å². The molecule has 1 aliphatic carbocycles. The Balaban J connectivity index is 0.000000845. The van der Waals surface area contributed by atoms with Gasteiger partial charge >= 0.3 is 0 Å². The van der Waals surface area contributed by atoms with E-state index in [4.69, 9.17) is 0 Å². The normalized spacial score (nSPS) is 12.1. The molecule has 0 atom stereocenters. The minimum atomic E-state index is 0. The van der Waals surface area contributed by atoms with E-state index in [1.165, 1.54) is 11.1 Å². The smallest absolute Gasteiger partial charge is 0.159 e. The number of carbonyl (C=O) groups is 1. The second kappa shape index (κ2) is 3.75. The Hall–Kier alpha value is -1.08. The molecule has 0 fully saturated rings. The number of hydrogen-bond acceptors (Lipinski definition) is 1. The maximum absolute atomic E-state index is 11.0. The van der Waals surface area contributed by atoms with Crippen molar-refractivity contribution >= 4 is 24.3 Å². The Morgan fingerprint density at radius 3 is 2.85 bits per heavy atom. The predicted octanol–water partition coefficient (Wildman–Crippen LogP) is 2.88. The number of fused-ring (bicyclic) bond motifs is 1. The molecule has 1 aromatic rings. The monoisotopic (exact) mass is 194 g/mol. The van der Waals surface area contributed by atoms with E-state index in [1.54, 1.807) is 6.92 Å². The van der Waals surface area contributed by atoms with Gasteiger partial charge in [-0.05, 0) is 30.5 Å². The van der Waals surface area contributed by atoms with Crippen molar-refractivity contribution in [3.63, 3.8) is 0 Å². The van der Waals surface area contributed by atoms with Gasteiger partial charge in [0.05, 0.1) is 0 Å². The lowest BCUT2D eigenvalue weighted by atomic mass is 10.0. The minimum Gasteiger partial charge on any atom is -0.295 e. The zero-order valence-electron chi connectivity index (χ0n) is 7.41. The molecule has 0 saturated carbocycles. The quantitative estimate of drug-likeness (QED) is 0.629. The van der Waals surface area contributed by atoms with E-state index in [1.807, 2.05) is 18.2 Å². The fraction of sp³-hybridized carbons (Fsp3) is 0.182. The van der Waals surface area contributed by atoms with Crippen molar-refractivity contribution < 1.29 is 4.79 Å². The maximum Gasteiger partial charge on any atom is 0.159 e. The standard InChI is InChI=1S/C11H10O.ClH/c1-8(12)10-6-5-9-3-2-4-11(9)7-10;/h2-3,5-7H,4H2,1H3;1H. The average molecular weight is 195 g/mol. The molecule has 0 spiro atoms. The van der Waals surface area contributed by atoms with Crippen LogP contribution < -0.4 is 0 Å². The molecule has 0 aliphatic heterocycles. The molecule has 13 heavy (non-hydrogen) atoms. The first-order valence-electron chi connectivity index (χ1n) is 4.08. The molecule has 0 radical (unpaired) electrons. The van der Waals surface area contributed by atoms with Crippen LogP contribution in [-0.2, 0) is 6.42 Å². The number of hydrogen-bond donors (Lipinski definition) is 0. The molecular formula is C11H11ClO. The lowest BCUT2D eigenvalue weighted by Gasteiger charge is -2.00. The van der Waals surface area contributed by atoms with Gasteiger partial charge in [-0.3, -0.25) is 4.79 Å². The van der Waals surface area contributed by atoms with Crippen LogP contribution in [0.15, 0.2) is 24.3 Å². The molecule has 1 aromatic carbocycles. The third-order valence-electron chi connectivity index (χ3n) is 2.18. The van der Waals surface area contributed by atoms with Gasteiger partial charge in [-0.1, -0.05) is 24.3 Å². The van der Waals surface area contributed by atoms with Gasteiger partial charge in [0.2, 0.25) is 0 Å². The molecule has 1 nitrogen and oxygen atoms in total. The van der Waals surface area contributed by atoms with Crippen molar-refractivity contribution in [2.75, 3.05) is 0 Å². The van der Waals surface area contributed by atoms with Crippen LogP contribution in [0, 0.1) is 0 Å². The van der Waals surface area contributed by atoms with E-state index in [0.29, 0.717) is 0 Å². The number of carbonyl (C=O) groups excluding carboxylic acids is 1. The zero-order valence-corrected chi connectivity index (χ0v) is 8.23. The molecule has 0 amide bonds. The number of Topliss-reactive ketones (excluding diaryl/α,β-unsaturated/α-hetero) is 1. The molecule has 0 heterocycles. The van der Waals surface area contributed by atoms with Crippen molar-refractivity contribution in [3.8, 4) is 0 Å². The molecule has 0 N–H and O–H groups in total. The summed E-state index contributed by atoms with van der Waals surface area (Å²) in [6.45, 7) is 1.60. The summed E-state index contributed by atoms with van der Waals surface area (Å²) in [6.07, 6.45) is 5.18. The van der Waals surface area contributed by atoms with E-state index >= 15 is 0 Å². The molecule has 0 aromatic heterocycles. The van der Waals surface area contributed by atoms with E-state index in [9.17, 15) is 4.79 Å². The van der Waals surface area contributed by atoms with Crippen LogP contribution in [0.2, 0.25) is 0 Å². The SMILES string of the molecule is CC(=O)c1ccc2c(c1)CC=C2.Cl. The molecule has 1 aliphatic rings. The Bertz CT molecular complexity index is 366. The average Bonchev–Trinajstić information content (AvgIpc) is 2.49. The molecule has 2 rings (SSSR count). The van der Waals surface area contributed by atoms with Gasteiger partial charge in [0.15, 0.2) is 5.78 Å². The van der Waals surface area contributed by atoms with Gasteiger partial charge in [0, 0.05) is 5.56 Å². The van der Waals surface area contributed by atoms with Gasteiger partial charge in [-0.2, -0.15) is 0 Å². The van der Waals surface area contributed by atoms with Crippen LogP contribution in [0.1, 0.15) is 28.4 Å². The van der Waals surface area contributed by atoms with Crippen LogP contribution in [0.25, 0.3) is 6.08 Å². The second-order valence-corrected chi connectivity index (χ2v) is 3.08. The number of rotatable bonds is 1. The summed E-state index contributed by atoms with van der Waals surface area (Å²) < 4.78 is 0. The number of ketones is 1. The van der Waals surface area contributed by atoms with Crippen molar-refractivity contribution in [2.24, 2.45) is 0 Å². The summed E-state index contributed by atoms with van der Waals surface area (Å²) in [5.74, 6) is 0.143. The highest BCUT2D eigenvalue weighted by molar-refractivity contribution is 5.94. The van der Waals surface area contributed by atoms with Crippen molar-refractivity contribution in [3.05, 3.63) is 41.0 Å². The summed E-state index contributed by atoms with van der Waals surface area (Å²) in [7, 11) is 0. The Kier molecular flexibility index (Phi) is 2.89. The van der Waals surface area contributed by atoms with Crippen LogP contribution in [0.5, 0.6) is 0 Å². The largest absolute Gasteiger partial charge is 0.295 e. The van der Waals surface area contributed by atoms with Crippen molar-refractivity contribution in [1.82, 2.24) is 0 Å². The fourth-order valence-corrected chi connectivity index (χ4v) is 1.48. The molecule has 68 valence electrons. The first kappa shape index (κ1) is 10.0. The first-order chi connectivity index (χ1) is 5.77. The second-order valence-electron chi connectivity index (χ2n) is 3.08. The lowest BCUT2D eigenvalue weighted by molar-refractivity contribution is 0.101. The Labute approximate surface area is 83.9 Å². The Morgan fingerprint density at radius 2 is 2.15 bits per heavy atom. The third-order valence-corrected chi connectivity index (χ3v) is 2.18. The van der Waals surface area contributed by atoms with Gasteiger partial charge < -0.3 is 0 Å². The fourth-order valence-electron chi connectivity index (χ4n) is 1.48. The third kappa shape index (κ3) is 1.81. The van der Waals surface area contributed by atoms with Crippen LogP contribution >= 0.6 is 12.4 Å². The summed E-state index contributed by atoms with van der Waals surface area (Å²) in [6, 6.07) is 5.88. The highest BCUT2D eigenvalue weighted by Crippen LogP contribution is 2.20. The molecule has 0 bridgehead atoms. The predicted molar refractivity (Wildman–Crippen MR) is 56.4 cm³/mol. The molecule has 0 unspecified atom stereocenters. The van der Waals surface area contributed by atoms with E-state index < -0.39 is 0 Å². The van der Waals surface area contributed by atoms with E-state index in [0.717, 1.165) is 12.0 Å². The highest BCUT2D eigenvalue weighted by Gasteiger charge is 2.06. The summed E-state index contributed by atoms with van der Waals surface area (Å²) in [5.41, 5.74) is 3.33. The van der Waals surface area contributed by atoms with E-state index in [-0.39, 0.29) is 18.2 Å². The minimum absolute atomic E-state index is 0. The lowest BCUT2D eigenvalue weighted by Crippen LogP contribution is -1.93. The van der Waals surface area contributed by atoms with Crippen molar-refractivity contribution in [2.45, 2.75) is 13.3 Å². The topological polar surface area (TPSA) is 17.1 Å². The van der Waals surface area contributed by atoms with Crippen LogP contribution in [0.3, 0.4) is 0 Å². The number of halogens is 1. The molecule has 0 saturated heterocycles. The highest BCUT2D eigenvalue weighted by atomic mass is 35.5. The zero-order chi connectivity index (χ0) is 8.55. The molecule has 2 heteroatoms. The van der Waals surface area contributed by atoms with Crippen molar-refractivity contribution in [1.29, 1.82) is 0 Å². The van der Waals surface area contributed by atoms with Gasteiger partial charge in [-0.25, -0.2) is 0 Å². The van der Waals surface area contributed by atoms with Gasteiger partial charge in [0.1, 0.15) is 0 Å². The summed E-state index contributed by atoms with van der Waals surface area (Å²) >= 11 is 0. The van der Waals surface area contributed by atoms with E-state index in [2.05, 4.69) is 12.2 Å². The van der Waals surface area contributed by atoms with Gasteiger partial charge in [-0.15, -0.1) is 12.4 Å². The molecular weight excluding hydrogens is 184 g/mol. The number of benzene rings is 1. The first-order valence-corrected chi connectivity index (χ1v) is 4.08. The number of allylic oxidation sites excluding steroid dienone is 1.